The SMILES string of the molecule is Cc1n[nH]c(=O)c2cc(SCC3(CN4CCN(C(=O)OC(C)(C)C)CC4)CC3)ncc12. The van der Waals surface area contributed by atoms with E-state index in [0.717, 1.165) is 41.5 Å². The van der Waals surface area contributed by atoms with Gasteiger partial charge in [0.15, 0.2) is 0 Å². The number of fused-ring (bicyclic) bond motifs is 1. The van der Waals surface area contributed by atoms with Crippen LogP contribution in [0.25, 0.3) is 10.8 Å². The number of amides is 1. The molecule has 2 aromatic rings. The number of hydrogen-bond donors (Lipinski definition) is 1. The monoisotopic (exact) mass is 445 g/mol. The van der Waals surface area contributed by atoms with Gasteiger partial charge in [-0.1, -0.05) is 0 Å². The van der Waals surface area contributed by atoms with Gasteiger partial charge in [0, 0.05) is 50.1 Å². The average molecular weight is 446 g/mol. The first kappa shape index (κ1) is 22.1. The van der Waals surface area contributed by atoms with Gasteiger partial charge in [-0.3, -0.25) is 9.69 Å². The Labute approximate surface area is 186 Å². The molecule has 0 atom stereocenters. The van der Waals surface area contributed by atoms with E-state index in [1.54, 1.807) is 18.0 Å². The summed E-state index contributed by atoms with van der Waals surface area (Å²) >= 11 is 1.72. The summed E-state index contributed by atoms with van der Waals surface area (Å²) in [6.07, 6.45) is 3.96. The van der Waals surface area contributed by atoms with Crippen molar-refractivity contribution in [2.45, 2.75) is 51.2 Å². The fourth-order valence-electron chi connectivity index (χ4n) is 3.89. The van der Waals surface area contributed by atoms with E-state index in [1.807, 2.05) is 38.7 Å². The molecule has 0 aromatic carbocycles. The maximum atomic E-state index is 12.3. The Morgan fingerprint density at radius 3 is 2.58 bits per heavy atom. The lowest BCUT2D eigenvalue weighted by atomic mass is 10.1. The average Bonchev–Trinajstić information content (AvgIpc) is 3.48. The number of nitrogens with one attached hydrogen (secondary N) is 1. The minimum Gasteiger partial charge on any atom is -0.444 e. The summed E-state index contributed by atoms with van der Waals surface area (Å²) in [5.41, 5.74) is 0.452. The molecule has 3 heterocycles. The summed E-state index contributed by atoms with van der Waals surface area (Å²) in [5.74, 6) is 0.986. The molecule has 1 aliphatic heterocycles. The topological polar surface area (TPSA) is 91.4 Å². The van der Waals surface area contributed by atoms with Crippen LogP contribution in [0.1, 0.15) is 39.3 Å². The summed E-state index contributed by atoms with van der Waals surface area (Å²) < 4.78 is 5.49. The maximum Gasteiger partial charge on any atom is 0.410 e. The molecule has 0 radical (unpaired) electrons. The molecule has 0 spiro atoms. The zero-order valence-electron chi connectivity index (χ0n) is 18.7. The highest BCUT2D eigenvalue weighted by molar-refractivity contribution is 7.99. The van der Waals surface area contributed by atoms with E-state index in [4.69, 9.17) is 4.74 Å². The van der Waals surface area contributed by atoms with Crippen LogP contribution < -0.4 is 5.56 Å². The van der Waals surface area contributed by atoms with Crippen molar-refractivity contribution in [3.63, 3.8) is 0 Å². The molecule has 168 valence electrons. The summed E-state index contributed by atoms with van der Waals surface area (Å²) in [6.45, 7) is 11.8. The Morgan fingerprint density at radius 2 is 1.94 bits per heavy atom. The molecule has 2 aliphatic rings. The minimum atomic E-state index is -0.458. The quantitative estimate of drug-likeness (QED) is 0.707. The number of carbonyl (C=O) groups is 1. The number of hydrogen-bond acceptors (Lipinski definition) is 7. The first-order valence-corrected chi connectivity index (χ1v) is 11.8. The molecule has 1 N–H and O–H groups in total. The second kappa shape index (κ2) is 8.43. The van der Waals surface area contributed by atoms with Crippen molar-refractivity contribution >= 4 is 28.6 Å². The van der Waals surface area contributed by atoms with E-state index in [0.29, 0.717) is 23.9 Å². The van der Waals surface area contributed by atoms with Crippen molar-refractivity contribution in [2.75, 3.05) is 38.5 Å². The number of aryl methyl sites for hydroxylation is 1. The minimum absolute atomic E-state index is 0.172. The number of ether oxygens (including phenoxy) is 1. The van der Waals surface area contributed by atoms with Crippen LogP contribution in [0.5, 0.6) is 0 Å². The van der Waals surface area contributed by atoms with E-state index < -0.39 is 5.60 Å². The highest BCUT2D eigenvalue weighted by Gasteiger charge is 2.44. The molecule has 2 aromatic heterocycles. The van der Waals surface area contributed by atoms with Crippen LogP contribution in [0.4, 0.5) is 4.79 Å². The van der Waals surface area contributed by atoms with Crippen molar-refractivity contribution in [2.24, 2.45) is 5.41 Å². The van der Waals surface area contributed by atoms with Gasteiger partial charge in [-0.15, -0.1) is 11.8 Å². The van der Waals surface area contributed by atoms with Gasteiger partial charge in [0.1, 0.15) is 5.60 Å². The fourth-order valence-corrected chi connectivity index (χ4v) is 5.05. The molecule has 1 aliphatic carbocycles. The van der Waals surface area contributed by atoms with Crippen LogP contribution in [0.3, 0.4) is 0 Å². The zero-order valence-corrected chi connectivity index (χ0v) is 19.5. The molecule has 1 saturated heterocycles. The van der Waals surface area contributed by atoms with Gasteiger partial charge in [-0.05, 0) is 52.0 Å². The van der Waals surface area contributed by atoms with Crippen LogP contribution in [-0.2, 0) is 4.74 Å². The number of aromatic amines is 1. The fraction of sp³-hybridized carbons (Fsp3) is 0.636. The Balaban J connectivity index is 1.30. The first-order chi connectivity index (χ1) is 14.6. The number of aromatic nitrogens is 3. The van der Waals surface area contributed by atoms with Crippen LogP contribution >= 0.6 is 11.8 Å². The predicted octanol–water partition coefficient (Wildman–Crippen LogP) is 3.05. The zero-order chi connectivity index (χ0) is 22.2. The Kier molecular flexibility index (Phi) is 6.00. The lowest BCUT2D eigenvalue weighted by molar-refractivity contribution is 0.0132. The van der Waals surface area contributed by atoms with Gasteiger partial charge in [0.25, 0.3) is 5.56 Å². The van der Waals surface area contributed by atoms with Gasteiger partial charge >= 0.3 is 6.09 Å². The Hall–Kier alpha value is -2.13. The van der Waals surface area contributed by atoms with Crippen LogP contribution in [-0.4, -0.2) is 75.2 Å². The second-order valence-electron chi connectivity index (χ2n) is 9.74. The van der Waals surface area contributed by atoms with Crippen molar-refractivity contribution in [1.82, 2.24) is 25.0 Å². The molecule has 0 bridgehead atoms. The lowest BCUT2D eigenvalue weighted by Gasteiger charge is -2.37. The number of carbonyl (C=O) groups excluding carboxylic acids is 1. The molecule has 0 unspecified atom stereocenters. The molecular weight excluding hydrogens is 414 g/mol. The molecule has 1 amide bonds. The standard InChI is InChI=1S/C22H31N5O3S/c1-15-17-12-23-18(11-16(17)19(28)25-24-15)31-14-22(5-6-22)13-26-7-9-27(10-8-26)20(29)30-21(2,3)4/h11-12H,5-10,13-14H2,1-4H3,(H,25,28). The predicted molar refractivity (Wildman–Crippen MR) is 122 cm³/mol. The highest BCUT2D eigenvalue weighted by Crippen LogP contribution is 2.49. The number of pyridine rings is 1. The molecule has 1 saturated carbocycles. The number of H-pyrrole nitrogens is 1. The van der Waals surface area contributed by atoms with Gasteiger partial charge in [-0.2, -0.15) is 5.10 Å². The number of nitrogens with zero attached hydrogens (tertiary/aromatic N) is 4. The van der Waals surface area contributed by atoms with Crippen molar-refractivity contribution in [3.8, 4) is 0 Å². The molecule has 9 heteroatoms. The summed E-state index contributed by atoms with van der Waals surface area (Å²) in [6, 6.07) is 1.88. The number of thioether (sulfide) groups is 1. The Morgan fingerprint density at radius 1 is 1.23 bits per heavy atom. The van der Waals surface area contributed by atoms with E-state index in [-0.39, 0.29) is 11.7 Å². The number of rotatable bonds is 5. The summed E-state index contributed by atoms with van der Waals surface area (Å²) in [7, 11) is 0. The van der Waals surface area contributed by atoms with Crippen LogP contribution in [0, 0.1) is 12.3 Å². The molecule has 31 heavy (non-hydrogen) atoms. The maximum absolute atomic E-state index is 12.3. The van der Waals surface area contributed by atoms with E-state index in [2.05, 4.69) is 20.1 Å². The van der Waals surface area contributed by atoms with Crippen LogP contribution in [0.15, 0.2) is 22.1 Å². The lowest BCUT2D eigenvalue weighted by Crippen LogP contribution is -2.51. The third-order valence-electron chi connectivity index (χ3n) is 5.90. The smallest absolute Gasteiger partial charge is 0.410 e. The molecule has 4 rings (SSSR count). The Bertz CT molecular complexity index is 1020. The van der Waals surface area contributed by atoms with E-state index in [1.165, 1.54) is 12.8 Å². The van der Waals surface area contributed by atoms with Crippen molar-refractivity contribution in [3.05, 3.63) is 28.3 Å². The van der Waals surface area contributed by atoms with Crippen molar-refractivity contribution in [1.29, 1.82) is 0 Å². The van der Waals surface area contributed by atoms with Gasteiger partial charge in [0.2, 0.25) is 0 Å². The van der Waals surface area contributed by atoms with Crippen LogP contribution in [0.2, 0.25) is 0 Å². The normalized spacial score (nSPS) is 18.9. The van der Waals surface area contributed by atoms with Crippen molar-refractivity contribution < 1.29 is 9.53 Å². The molecule has 2 fully saturated rings. The second-order valence-corrected chi connectivity index (χ2v) is 10.7. The largest absolute Gasteiger partial charge is 0.444 e. The van der Waals surface area contributed by atoms with E-state index in [9.17, 15) is 9.59 Å². The first-order valence-electron chi connectivity index (χ1n) is 10.8. The van der Waals surface area contributed by atoms with Gasteiger partial charge < -0.3 is 9.64 Å². The molecular formula is C22H31N5O3S. The van der Waals surface area contributed by atoms with Gasteiger partial charge in [-0.25, -0.2) is 14.9 Å². The molecule has 8 nitrogen and oxygen atoms in total. The number of piperazine rings is 1. The summed E-state index contributed by atoms with van der Waals surface area (Å²) in [4.78, 5) is 33.2. The third-order valence-corrected chi connectivity index (χ3v) is 7.18. The third kappa shape index (κ3) is 5.38. The van der Waals surface area contributed by atoms with Gasteiger partial charge in [0.05, 0.1) is 16.1 Å². The van der Waals surface area contributed by atoms with E-state index >= 15 is 0 Å². The highest BCUT2D eigenvalue weighted by atomic mass is 32.2. The summed E-state index contributed by atoms with van der Waals surface area (Å²) in [5, 5.41) is 8.88.